The highest BCUT2D eigenvalue weighted by Crippen LogP contribution is 2.54. The summed E-state index contributed by atoms with van der Waals surface area (Å²) < 4.78 is 12.8. The van der Waals surface area contributed by atoms with Gasteiger partial charge in [-0.3, -0.25) is 0 Å². The largest absolute Gasteiger partial charge is 0.485 e. The Labute approximate surface area is 199 Å². The summed E-state index contributed by atoms with van der Waals surface area (Å²) in [5, 5.41) is 24.4. The first kappa shape index (κ1) is 21.0. The fourth-order valence-electron chi connectivity index (χ4n) is 5.48. The zero-order valence-electron chi connectivity index (χ0n) is 18.6. The highest BCUT2D eigenvalue weighted by atomic mass is 16.5. The average molecular weight is 451 g/mol. The number of hydrogen-bond acceptors (Lipinski definition) is 4. The van der Waals surface area contributed by atoms with Crippen molar-refractivity contribution in [2.45, 2.75) is 30.3 Å². The van der Waals surface area contributed by atoms with E-state index in [1.165, 1.54) is 0 Å². The summed E-state index contributed by atoms with van der Waals surface area (Å²) in [6, 6.07) is 34.9. The molecule has 4 nitrogen and oxygen atoms in total. The molecule has 0 aliphatic carbocycles. The van der Waals surface area contributed by atoms with Crippen LogP contribution in [0.2, 0.25) is 0 Å². The van der Waals surface area contributed by atoms with Crippen LogP contribution in [-0.2, 0) is 12.0 Å². The molecule has 0 bridgehead atoms. The van der Waals surface area contributed by atoms with Gasteiger partial charge in [-0.1, -0.05) is 97.1 Å². The minimum atomic E-state index is -1.61. The Morgan fingerprint density at radius 1 is 0.618 bits per heavy atom. The van der Waals surface area contributed by atoms with E-state index in [0.717, 1.165) is 22.4 Å². The van der Waals surface area contributed by atoms with Crippen molar-refractivity contribution in [1.29, 1.82) is 0 Å². The van der Waals surface area contributed by atoms with Crippen LogP contribution in [0.5, 0.6) is 11.5 Å². The predicted octanol–water partition coefficient (Wildman–Crippen LogP) is 5.36. The Balaban J connectivity index is 1.53. The summed E-state index contributed by atoms with van der Waals surface area (Å²) in [6.45, 7) is 0. The van der Waals surface area contributed by atoms with Crippen molar-refractivity contribution in [2.75, 3.05) is 0 Å². The lowest BCUT2D eigenvalue weighted by atomic mass is 9.66. The molecule has 0 amide bonds. The van der Waals surface area contributed by atoms with Crippen molar-refractivity contribution in [2.24, 2.45) is 5.92 Å². The van der Waals surface area contributed by atoms with Crippen LogP contribution in [0.25, 0.3) is 0 Å². The van der Waals surface area contributed by atoms with Gasteiger partial charge in [0.1, 0.15) is 29.3 Å². The lowest BCUT2D eigenvalue weighted by Crippen LogP contribution is -2.56. The molecule has 2 aliphatic heterocycles. The molecule has 5 unspecified atom stereocenters. The molecule has 34 heavy (non-hydrogen) atoms. The van der Waals surface area contributed by atoms with E-state index in [1.54, 1.807) is 0 Å². The number of benzene rings is 4. The second-order valence-electron chi connectivity index (χ2n) is 9.08. The molecule has 0 spiro atoms. The molecule has 2 N–H and O–H groups in total. The van der Waals surface area contributed by atoms with Gasteiger partial charge in [-0.05, 0) is 35.2 Å². The van der Waals surface area contributed by atoms with Crippen LogP contribution in [0.1, 0.15) is 34.5 Å². The maximum absolute atomic E-state index is 12.6. The van der Waals surface area contributed by atoms with Gasteiger partial charge in [0.25, 0.3) is 0 Å². The van der Waals surface area contributed by atoms with E-state index in [9.17, 15) is 10.2 Å². The monoisotopic (exact) mass is 450 g/mol. The van der Waals surface area contributed by atoms with E-state index in [1.807, 2.05) is 109 Å². The Hall–Kier alpha value is -3.60. The van der Waals surface area contributed by atoms with E-state index in [2.05, 4.69) is 0 Å². The second-order valence-corrected chi connectivity index (χ2v) is 9.08. The van der Waals surface area contributed by atoms with Crippen molar-refractivity contribution in [3.63, 3.8) is 0 Å². The number of ether oxygens (including phenoxy) is 2. The minimum Gasteiger partial charge on any atom is -0.485 e. The highest BCUT2D eigenvalue weighted by Gasteiger charge is 2.57. The summed E-state index contributed by atoms with van der Waals surface area (Å²) in [5.74, 6) is 0.941. The van der Waals surface area contributed by atoms with Crippen molar-refractivity contribution >= 4 is 0 Å². The van der Waals surface area contributed by atoms with E-state index in [4.69, 9.17) is 9.47 Å². The molecule has 4 aromatic rings. The number of aliphatic hydroxyl groups is 2. The lowest BCUT2D eigenvalue weighted by molar-refractivity contribution is -0.192. The Morgan fingerprint density at radius 3 is 1.85 bits per heavy atom. The molecule has 170 valence electrons. The van der Waals surface area contributed by atoms with Gasteiger partial charge >= 0.3 is 0 Å². The molecule has 6 rings (SSSR count). The van der Waals surface area contributed by atoms with Crippen LogP contribution >= 0.6 is 0 Å². The van der Waals surface area contributed by atoms with Gasteiger partial charge in [0.2, 0.25) is 0 Å². The quantitative estimate of drug-likeness (QED) is 0.441. The van der Waals surface area contributed by atoms with Gasteiger partial charge in [-0.15, -0.1) is 0 Å². The topological polar surface area (TPSA) is 58.9 Å². The third-order valence-corrected chi connectivity index (χ3v) is 7.16. The van der Waals surface area contributed by atoms with Crippen LogP contribution in [0.15, 0.2) is 109 Å². The lowest BCUT2D eigenvalue weighted by Gasteiger charge is -2.50. The van der Waals surface area contributed by atoms with Crippen LogP contribution < -0.4 is 9.47 Å². The molecule has 2 heterocycles. The van der Waals surface area contributed by atoms with Crippen LogP contribution in [-0.4, -0.2) is 16.3 Å². The minimum absolute atomic E-state index is 0.446. The van der Waals surface area contributed by atoms with E-state index >= 15 is 0 Å². The number of aliphatic hydroxyl groups excluding tert-OH is 1. The maximum atomic E-state index is 12.6. The van der Waals surface area contributed by atoms with Gasteiger partial charge < -0.3 is 19.7 Å². The molecule has 5 atom stereocenters. The summed E-state index contributed by atoms with van der Waals surface area (Å²) in [5.41, 5.74) is 1.77. The number of rotatable bonds is 3. The van der Waals surface area contributed by atoms with Gasteiger partial charge in [-0.2, -0.15) is 0 Å². The first-order chi connectivity index (χ1) is 16.7. The standard InChI is InChI=1S/C30H26O4/c31-29-28(21-13-5-2-6-14-21)34-26-18-10-8-16-23(26)30(29,32)24-19-22-15-7-9-17-25(22)33-27(24)20-11-3-1-4-12-20/h1-18,24,27-29,31-32H,19H2. The molecular weight excluding hydrogens is 424 g/mol. The second kappa shape index (κ2) is 8.32. The average Bonchev–Trinajstić information content (AvgIpc) is 2.91. The van der Waals surface area contributed by atoms with E-state index < -0.39 is 29.8 Å². The Kier molecular flexibility index (Phi) is 5.13. The molecular formula is C30H26O4. The highest BCUT2D eigenvalue weighted by molar-refractivity contribution is 5.46. The zero-order valence-corrected chi connectivity index (χ0v) is 18.6. The SMILES string of the molecule is OC1C(c2ccccc2)Oc2ccccc2C1(O)C1Cc2ccccc2OC1c1ccccc1. The number of para-hydroxylation sites is 2. The van der Waals surface area contributed by atoms with Crippen molar-refractivity contribution in [1.82, 2.24) is 0 Å². The molecule has 0 fully saturated rings. The first-order valence-electron chi connectivity index (χ1n) is 11.7. The van der Waals surface area contributed by atoms with Crippen LogP contribution in [0.4, 0.5) is 0 Å². The normalized spacial score (nSPS) is 27.6. The molecule has 4 heteroatoms. The van der Waals surface area contributed by atoms with E-state index in [-0.39, 0.29) is 0 Å². The van der Waals surface area contributed by atoms with Crippen molar-refractivity contribution in [3.8, 4) is 11.5 Å². The number of fused-ring (bicyclic) bond motifs is 2. The van der Waals surface area contributed by atoms with Crippen molar-refractivity contribution < 1.29 is 19.7 Å². The summed E-state index contributed by atoms with van der Waals surface area (Å²) >= 11 is 0. The smallest absolute Gasteiger partial charge is 0.153 e. The number of hydrogen-bond donors (Lipinski definition) is 2. The maximum Gasteiger partial charge on any atom is 0.153 e. The fourth-order valence-corrected chi connectivity index (χ4v) is 5.48. The van der Waals surface area contributed by atoms with Gasteiger partial charge in [0.15, 0.2) is 6.10 Å². The third-order valence-electron chi connectivity index (χ3n) is 7.16. The van der Waals surface area contributed by atoms with Crippen LogP contribution in [0, 0.1) is 5.92 Å². The molecule has 4 aromatic carbocycles. The third kappa shape index (κ3) is 3.30. The summed E-state index contributed by atoms with van der Waals surface area (Å²) in [6.07, 6.45) is -1.80. The molecule has 0 aromatic heterocycles. The summed E-state index contributed by atoms with van der Waals surface area (Å²) in [7, 11) is 0. The Morgan fingerprint density at radius 2 is 1.15 bits per heavy atom. The van der Waals surface area contributed by atoms with Crippen molar-refractivity contribution in [3.05, 3.63) is 131 Å². The molecule has 2 aliphatic rings. The predicted molar refractivity (Wildman–Crippen MR) is 130 cm³/mol. The molecule has 0 radical (unpaired) electrons. The molecule has 0 saturated heterocycles. The summed E-state index contributed by atoms with van der Waals surface area (Å²) in [4.78, 5) is 0. The van der Waals surface area contributed by atoms with E-state index in [0.29, 0.717) is 17.7 Å². The van der Waals surface area contributed by atoms with Gasteiger partial charge in [0.05, 0.1) is 0 Å². The van der Waals surface area contributed by atoms with Gasteiger partial charge in [-0.25, -0.2) is 0 Å². The fraction of sp³-hybridized carbons (Fsp3) is 0.200. The zero-order chi connectivity index (χ0) is 23.1. The Bertz CT molecular complexity index is 1290. The first-order valence-corrected chi connectivity index (χ1v) is 11.7. The van der Waals surface area contributed by atoms with Gasteiger partial charge in [0, 0.05) is 11.5 Å². The van der Waals surface area contributed by atoms with Crippen LogP contribution in [0.3, 0.4) is 0 Å². The molecule has 0 saturated carbocycles.